The van der Waals surface area contributed by atoms with Crippen LogP contribution >= 0.6 is 0 Å². The van der Waals surface area contributed by atoms with Crippen molar-refractivity contribution in [3.05, 3.63) is 84.9 Å². The predicted molar refractivity (Wildman–Crippen MR) is 128 cm³/mol. The van der Waals surface area contributed by atoms with E-state index in [4.69, 9.17) is 4.98 Å². The smallest absolute Gasteiger partial charge is 0.323 e. The summed E-state index contributed by atoms with van der Waals surface area (Å²) in [7, 11) is 0. The zero-order valence-corrected chi connectivity index (χ0v) is 17.2. The number of benzene rings is 3. The van der Waals surface area contributed by atoms with Gasteiger partial charge in [0.2, 0.25) is 0 Å². The van der Waals surface area contributed by atoms with Gasteiger partial charge in [0.1, 0.15) is 5.82 Å². The van der Waals surface area contributed by atoms with E-state index in [-0.39, 0.29) is 6.03 Å². The molecule has 2 amide bonds. The van der Waals surface area contributed by atoms with E-state index in [0.717, 1.165) is 52.3 Å². The highest BCUT2D eigenvalue weighted by Crippen LogP contribution is 2.26. The standard InChI is InChI=1S/C26H24N4O/c31-26(29-24-14-6-9-19-8-1-2-12-22(19)24)27-21-11-5-10-20(18-21)23-13-7-15-25(28-23)30-16-3-4-17-30/h1-2,5-15,18H,3-4,16-17H2,(H2,27,29,31). The fraction of sp³-hybridized carbons (Fsp3) is 0.154. The van der Waals surface area contributed by atoms with Crippen molar-refractivity contribution in [1.29, 1.82) is 0 Å². The van der Waals surface area contributed by atoms with Gasteiger partial charge >= 0.3 is 6.03 Å². The van der Waals surface area contributed by atoms with Crippen molar-refractivity contribution in [3.8, 4) is 11.3 Å². The Morgan fingerprint density at radius 2 is 1.58 bits per heavy atom. The van der Waals surface area contributed by atoms with Crippen LogP contribution in [0.15, 0.2) is 84.9 Å². The topological polar surface area (TPSA) is 57.3 Å². The Morgan fingerprint density at radius 3 is 2.48 bits per heavy atom. The molecular formula is C26H24N4O. The molecule has 2 N–H and O–H groups in total. The number of amides is 2. The monoisotopic (exact) mass is 408 g/mol. The Kier molecular flexibility index (Phi) is 5.23. The maximum absolute atomic E-state index is 12.7. The van der Waals surface area contributed by atoms with Gasteiger partial charge in [0.25, 0.3) is 0 Å². The van der Waals surface area contributed by atoms with Crippen molar-refractivity contribution in [2.75, 3.05) is 28.6 Å². The Hall–Kier alpha value is -3.86. The number of hydrogen-bond acceptors (Lipinski definition) is 3. The van der Waals surface area contributed by atoms with Gasteiger partial charge in [-0.05, 0) is 48.6 Å². The minimum absolute atomic E-state index is 0.271. The first kappa shape index (κ1) is 19.1. The number of urea groups is 1. The molecule has 1 aliphatic heterocycles. The van der Waals surface area contributed by atoms with Gasteiger partial charge < -0.3 is 15.5 Å². The van der Waals surface area contributed by atoms with Gasteiger partial charge in [0.15, 0.2) is 0 Å². The molecular weight excluding hydrogens is 384 g/mol. The number of pyridine rings is 1. The van der Waals surface area contributed by atoms with Crippen LogP contribution in [0.2, 0.25) is 0 Å². The van der Waals surface area contributed by atoms with Gasteiger partial charge in [0.05, 0.1) is 11.4 Å². The Morgan fingerprint density at radius 1 is 0.806 bits per heavy atom. The lowest BCUT2D eigenvalue weighted by Gasteiger charge is -2.17. The normalized spacial score (nSPS) is 13.4. The average molecular weight is 409 g/mol. The first-order valence-electron chi connectivity index (χ1n) is 10.6. The molecule has 2 heterocycles. The number of carbonyl (C=O) groups excluding carboxylic acids is 1. The third kappa shape index (κ3) is 4.21. The Bertz CT molecular complexity index is 1230. The third-order valence-electron chi connectivity index (χ3n) is 5.62. The van der Waals surface area contributed by atoms with Crippen molar-refractivity contribution in [2.45, 2.75) is 12.8 Å². The van der Waals surface area contributed by atoms with Crippen LogP contribution in [-0.4, -0.2) is 24.1 Å². The molecule has 1 saturated heterocycles. The number of fused-ring (bicyclic) bond motifs is 1. The molecule has 5 rings (SSSR count). The Labute approximate surface area is 181 Å². The minimum Gasteiger partial charge on any atom is -0.357 e. The van der Waals surface area contributed by atoms with Crippen LogP contribution < -0.4 is 15.5 Å². The molecule has 154 valence electrons. The van der Waals surface area contributed by atoms with Crippen molar-refractivity contribution in [1.82, 2.24) is 4.98 Å². The van der Waals surface area contributed by atoms with Crippen LogP contribution in [0.5, 0.6) is 0 Å². The summed E-state index contributed by atoms with van der Waals surface area (Å²) in [4.78, 5) is 19.8. The molecule has 0 spiro atoms. The maximum Gasteiger partial charge on any atom is 0.323 e. The number of carbonyl (C=O) groups is 1. The summed E-state index contributed by atoms with van der Waals surface area (Å²) in [6.07, 6.45) is 2.44. The molecule has 0 aliphatic carbocycles. The van der Waals surface area contributed by atoms with E-state index in [1.54, 1.807) is 0 Å². The van der Waals surface area contributed by atoms with E-state index >= 15 is 0 Å². The molecule has 3 aromatic carbocycles. The van der Waals surface area contributed by atoms with Crippen molar-refractivity contribution in [3.63, 3.8) is 0 Å². The summed E-state index contributed by atoms with van der Waals surface area (Å²) in [5, 5.41) is 8.01. The SMILES string of the molecule is O=C(Nc1cccc(-c2cccc(N3CCCC3)n2)c1)Nc1cccc2ccccc12. The molecule has 1 fully saturated rings. The number of hydrogen-bond donors (Lipinski definition) is 2. The summed E-state index contributed by atoms with van der Waals surface area (Å²) in [6.45, 7) is 2.12. The molecule has 0 atom stereocenters. The molecule has 31 heavy (non-hydrogen) atoms. The van der Waals surface area contributed by atoms with E-state index in [1.807, 2.05) is 78.9 Å². The van der Waals surface area contributed by atoms with E-state index in [1.165, 1.54) is 12.8 Å². The number of nitrogens with zero attached hydrogens (tertiary/aromatic N) is 2. The summed E-state index contributed by atoms with van der Waals surface area (Å²) in [5.41, 5.74) is 3.39. The lowest BCUT2D eigenvalue weighted by atomic mass is 10.1. The summed E-state index contributed by atoms with van der Waals surface area (Å²) >= 11 is 0. The molecule has 0 unspecified atom stereocenters. The van der Waals surface area contributed by atoms with Crippen LogP contribution in [-0.2, 0) is 0 Å². The predicted octanol–water partition coefficient (Wildman–Crippen LogP) is 6.15. The molecule has 0 saturated carbocycles. The molecule has 4 aromatic rings. The van der Waals surface area contributed by atoms with Gasteiger partial charge in [-0.15, -0.1) is 0 Å². The van der Waals surface area contributed by atoms with Crippen LogP contribution in [0.3, 0.4) is 0 Å². The highest BCUT2D eigenvalue weighted by molar-refractivity contribution is 6.06. The van der Waals surface area contributed by atoms with Crippen LogP contribution in [0.1, 0.15) is 12.8 Å². The number of nitrogens with one attached hydrogen (secondary N) is 2. The Balaban J connectivity index is 1.33. The fourth-order valence-electron chi connectivity index (χ4n) is 4.08. The summed E-state index contributed by atoms with van der Waals surface area (Å²) < 4.78 is 0. The second-order valence-electron chi connectivity index (χ2n) is 7.76. The zero-order chi connectivity index (χ0) is 21.0. The zero-order valence-electron chi connectivity index (χ0n) is 17.2. The number of rotatable bonds is 4. The summed E-state index contributed by atoms with van der Waals surface area (Å²) in [5.74, 6) is 1.02. The molecule has 1 aromatic heterocycles. The number of aromatic nitrogens is 1. The molecule has 5 nitrogen and oxygen atoms in total. The van der Waals surface area contributed by atoms with E-state index in [0.29, 0.717) is 0 Å². The van der Waals surface area contributed by atoms with Crippen LogP contribution in [0, 0.1) is 0 Å². The molecule has 0 bridgehead atoms. The highest BCUT2D eigenvalue weighted by atomic mass is 16.2. The molecule has 5 heteroatoms. The first-order chi connectivity index (χ1) is 15.3. The molecule has 0 radical (unpaired) electrons. The average Bonchev–Trinajstić information content (AvgIpc) is 3.35. The van der Waals surface area contributed by atoms with Crippen molar-refractivity contribution >= 4 is 34.0 Å². The second-order valence-corrected chi connectivity index (χ2v) is 7.76. The third-order valence-corrected chi connectivity index (χ3v) is 5.62. The summed E-state index contributed by atoms with van der Waals surface area (Å²) in [6, 6.07) is 27.5. The first-order valence-corrected chi connectivity index (χ1v) is 10.6. The lowest BCUT2D eigenvalue weighted by molar-refractivity contribution is 0.262. The van der Waals surface area contributed by atoms with Crippen molar-refractivity contribution < 1.29 is 4.79 Å². The fourth-order valence-corrected chi connectivity index (χ4v) is 4.08. The minimum atomic E-state index is -0.271. The van der Waals surface area contributed by atoms with Gasteiger partial charge in [0, 0.05) is 29.7 Å². The van der Waals surface area contributed by atoms with E-state index in [9.17, 15) is 4.79 Å². The largest absolute Gasteiger partial charge is 0.357 e. The highest BCUT2D eigenvalue weighted by Gasteiger charge is 2.14. The van der Waals surface area contributed by atoms with Gasteiger partial charge in [-0.3, -0.25) is 0 Å². The second kappa shape index (κ2) is 8.48. The van der Waals surface area contributed by atoms with E-state index < -0.39 is 0 Å². The molecule has 1 aliphatic rings. The van der Waals surface area contributed by atoms with Crippen LogP contribution in [0.4, 0.5) is 22.0 Å². The van der Waals surface area contributed by atoms with E-state index in [2.05, 4.69) is 21.6 Å². The van der Waals surface area contributed by atoms with Gasteiger partial charge in [-0.1, -0.05) is 54.6 Å². The number of anilines is 3. The lowest BCUT2D eigenvalue weighted by Crippen LogP contribution is -2.19. The maximum atomic E-state index is 12.7. The van der Waals surface area contributed by atoms with Gasteiger partial charge in [-0.25, -0.2) is 9.78 Å². The quantitative estimate of drug-likeness (QED) is 0.426. The van der Waals surface area contributed by atoms with Crippen molar-refractivity contribution in [2.24, 2.45) is 0 Å². The van der Waals surface area contributed by atoms with Gasteiger partial charge in [-0.2, -0.15) is 0 Å². The van der Waals surface area contributed by atoms with Crippen LogP contribution in [0.25, 0.3) is 22.0 Å².